The maximum absolute atomic E-state index is 13.5. The van der Waals surface area contributed by atoms with Crippen molar-refractivity contribution in [3.63, 3.8) is 0 Å². The lowest BCUT2D eigenvalue weighted by Gasteiger charge is -2.46. The average molecular weight is 531 g/mol. The van der Waals surface area contributed by atoms with Gasteiger partial charge in [-0.25, -0.2) is 0 Å². The summed E-state index contributed by atoms with van der Waals surface area (Å²) >= 11 is 12.4. The van der Waals surface area contributed by atoms with Crippen LogP contribution in [-0.2, 0) is 15.6 Å². The molecule has 0 aliphatic carbocycles. The molecule has 1 fully saturated rings. The van der Waals surface area contributed by atoms with Crippen LogP contribution in [-0.4, -0.2) is 57.6 Å². The molecule has 0 aromatic heterocycles. The van der Waals surface area contributed by atoms with Crippen molar-refractivity contribution >= 4 is 51.4 Å². The number of amides is 1. The summed E-state index contributed by atoms with van der Waals surface area (Å²) in [5.41, 5.74) is 1.28. The number of carbonyl (C=O) groups is 2. The Morgan fingerprint density at radius 2 is 1.79 bits per heavy atom. The highest BCUT2D eigenvalue weighted by atomic mass is 35.5. The molecule has 3 rings (SSSR count). The van der Waals surface area contributed by atoms with E-state index in [1.807, 2.05) is 38.1 Å². The molecule has 0 bridgehead atoms. The minimum Gasteiger partial charge on any atom is -0.365 e. The van der Waals surface area contributed by atoms with Gasteiger partial charge in [-0.3, -0.25) is 13.8 Å². The molecule has 1 amide bonds. The Labute approximate surface area is 210 Å². The molecule has 0 radical (unpaired) electrons. The summed E-state index contributed by atoms with van der Waals surface area (Å²) in [6.45, 7) is 6.27. The molecule has 0 unspecified atom stereocenters. The van der Waals surface area contributed by atoms with E-state index in [0.29, 0.717) is 23.7 Å². The molecule has 184 valence electrons. The SMILES string of the molecule is CCC(F)(F)C(=O)C[S@](=O)c1ccc(C(=O)N2CCN(c3cccc(Cl)c3)[C@@H](C)[C@@H]2C)cc1Cl. The van der Waals surface area contributed by atoms with Crippen molar-refractivity contribution in [2.24, 2.45) is 0 Å². The van der Waals surface area contributed by atoms with Gasteiger partial charge in [0.25, 0.3) is 5.91 Å². The maximum Gasteiger partial charge on any atom is 0.305 e. The lowest BCUT2D eigenvalue weighted by Crippen LogP contribution is -2.59. The van der Waals surface area contributed by atoms with E-state index in [1.165, 1.54) is 25.1 Å². The Kier molecular flexibility index (Phi) is 8.37. The molecular formula is C24H26Cl2F2N2O3S. The van der Waals surface area contributed by atoms with E-state index in [-0.39, 0.29) is 27.9 Å². The second-order valence-electron chi connectivity index (χ2n) is 8.27. The Bertz CT molecular complexity index is 1120. The van der Waals surface area contributed by atoms with Crippen molar-refractivity contribution in [2.75, 3.05) is 23.7 Å². The van der Waals surface area contributed by atoms with Crippen LogP contribution in [0.1, 0.15) is 37.6 Å². The number of Topliss-reactive ketones (excluding diaryl/α,β-unsaturated/α-hetero) is 1. The zero-order valence-corrected chi connectivity index (χ0v) is 21.4. The minimum absolute atomic E-state index is 0.00457. The fourth-order valence-electron chi connectivity index (χ4n) is 3.93. The Morgan fingerprint density at radius 1 is 1.09 bits per heavy atom. The van der Waals surface area contributed by atoms with Gasteiger partial charge in [0.1, 0.15) is 0 Å². The molecule has 1 saturated heterocycles. The van der Waals surface area contributed by atoms with Crippen molar-refractivity contribution in [3.8, 4) is 0 Å². The standard InChI is InChI=1S/C24H26Cl2F2N2O3S/c1-4-24(27,28)22(31)14-34(33)21-9-8-17(12-20(21)26)23(32)30-11-10-29(15(2)16(30)3)19-7-5-6-18(25)13-19/h5-9,12-13,15-16H,4,10-11,14H2,1-3H3/t15-,16-,34-/m0/s1. The summed E-state index contributed by atoms with van der Waals surface area (Å²) in [5, 5.41) is 0.637. The largest absolute Gasteiger partial charge is 0.365 e. The van der Waals surface area contributed by atoms with E-state index < -0.39 is 34.7 Å². The summed E-state index contributed by atoms with van der Waals surface area (Å²) in [4.78, 5) is 29.0. The maximum atomic E-state index is 13.5. The molecular weight excluding hydrogens is 505 g/mol. The summed E-state index contributed by atoms with van der Waals surface area (Å²) in [6, 6.07) is 11.7. The van der Waals surface area contributed by atoms with Crippen molar-refractivity contribution in [3.05, 3.63) is 58.1 Å². The Hall–Kier alpha value is -2.03. The summed E-state index contributed by atoms with van der Waals surface area (Å²) < 4.78 is 39.6. The van der Waals surface area contributed by atoms with Gasteiger partial charge < -0.3 is 9.80 Å². The number of anilines is 1. The number of rotatable bonds is 7. The van der Waals surface area contributed by atoms with Crippen molar-refractivity contribution in [1.29, 1.82) is 0 Å². The summed E-state index contributed by atoms with van der Waals surface area (Å²) in [7, 11) is -2.04. The van der Waals surface area contributed by atoms with Crippen LogP contribution in [0, 0.1) is 0 Å². The first-order valence-electron chi connectivity index (χ1n) is 10.9. The van der Waals surface area contributed by atoms with E-state index in [1.54, 1.807) is 4.90 Å². The predicted molar refractivity (Wildman–Crippen MR) is 132 cm³/mol. The fraction of sp³-hybridized carbons (Fsp3) is 0.417. The topological polar surface area (TPSA) is 57.7 Å². The van der Waals surface area contributed by atoms with E-state index in [4.69, 9.17) is 23.2 Å². The van der Waals surface area contributed by atoms with Gasteiger partial charge in [0, 0.05) is 47.9 Å². The predicted octanol–water partition coefficient (Wildman–Crippen LogP) is 5.45. The van der Waals surface area contributed by atoms with Gasteiger partial charge in [0.05, 0.1) is 26.5 Å². The van der Waals surface area contributed by atoms with E-state index in [0.717, 1.165) is 5.69 Å². The first-order valence-corrected chi connectivity index (χ1v) is 13.0. The first kappa shape index (κ1) is 26.6. The van der Waals surface area contributed by atoms with Crippen LogP contribution in [0.3, 0.4) is 0 Å². The summed E-state index contributed by atoms with van der Waals surface area (Å²) in [6.07, 6.45) is -0.661. The van der Waals surface area contributed by atoms with Crippen LogP contribution in [0.25, 0.3) is 0 Å². The zero-order valence-electron chi connectivity index (χ0n) is 19.1. The molecule has 34 heavy (non-hydrogen) atoms. The van der Waals surface area contributed by atoms with Gasteiger partial charge in [-0.05, 0) is 50.2 Å². The highest BCUT2D eigenvalue weighted by molar-refractivity contribution is 7.86. The van der Waals surface area contributed by atoms with Gasteiger partial charge in [0.15, 0.2) is 0 Å². The molecule has 0 N–H and O–H groups in total. The molecule has 2 aromatic carbocycles. The number of benzene rings is 2. The summed E-state index contributed by atoms with van der Waals surface area (Å²) in [5.74, 6) is -6.01. The first-order chi connectivity index (χ1) is 16.0. The molecule has 0 spiro atoms. The normalized spacial score (nSPS) is 19.7. The Balaban J connectivity index is 1.73. The van der Waals surface area contributed by atoms with Crippen LogP contribution in [0.4, 0.5) is 14.5 Å². The highest BCUT2D eigenvalue weighted by Crippen LogP contribution is 2.29. The van der Waals surface area contributed by atoms with Crippen LogP contribution >= 0.6 is 23.2 Å². The van der Waals surface area contributed by atoms with E-state index in [9.17, 15) is 22.6 Å². The molecule has 0 saturated carbocycles. The number of piperazine rings is 1. The van der Waals surface area contributed by atoms with Gasteiger partial charge in [-0.15, -0.1) is 0 Å². The molecule has 1 heterocycles. The van der Waals surface area contributed by atoms with Crippen LogP contribution < -0.4 is 4.90 Å². The van der Waals surface area contributed by atoms with Crippen LogP contribution in [0.15, 0.2) is 47.4 Å². The third kappa shape index (κ3) is 5.61. The number of carbonyl (C=O) groups excluding carboxylic acids is 2. The lowest BCUT2D eigenvalue weighted by molar-refractivity contribution is -0.140. The average Bonchev–Trinajstić information content (AvgIpc) is 2.80. The molecule has 1 aliphatic heterocycles. The van der Waals surface area contributed by atoms with Crippen molar-refractivity contribution in [2.45, 2.75) is 50.1 Å². The van der Waals surface area contributed by atoms with Gasteiger partial charge in [-0.1, -0.05) is 36.2 Å². The molecule has 10 heteroatoms. The minimum atomic E-state index is -3.53. The fourth-order valence-corrected chi connectivity index (χ4v) is 5.66. The van der Waals surface area contributed by atoms with Crippen molar-refractivity contribution in [1.82, 2.24) is 4.90 Å². The van der Waals surface area contributed by atoms with E-state index >= 15 is 0 Å². The molecule has 5 nitrogen and oxygen atoms in total. The number of hydrogen-bond donors (Lipinski definition) is 0. The number of ketones is 1. The smallest absolute Gasteiger partial charge is 0.305 e. The van der Waals surface area contributed by atoms with Crippen LogP contribution in [0.2, 0.25) is 10.0 Å². The molecule has 2 aromatic rings. The monoisotopic (exact) mass is 530 g/mol. The number of alkyl halides is 2. The molecule has 3 atom stereocenters. The third-order valence-corrected chi connectivity index (χ3v) is 8.23. The lowest BCUT2D eigenvalue weighted by atomic mass is 10.0. The third-order valence-electron chi connectivity index (χ3n) is 6.20. The zero-order chi connectivity index (χ0) is 25.2. The number of nitrogens with zero attached hydrogens (tertiary/aromatic N) is 2. The second kappa shape index (κ2) is 10.7. The van der Waals surface area contributed by atoms with Gasteiger partial charge >= 0.3 is 5.92 Å². The quantitative estimate of drug-likeness (QED) is 0.477. The van der Waals surface area contributed by atoms with Crippen LogP contribution in [0.5, 0.6) is 0 Å². The van der Waals surface area contributed by atoms with Gasteiger partial charge in [0.2, 0.25) is 5.78 Å². The van der Waals surface area contributed by atoms with Crippen molar-refractivity contribution < 1.29 is 22.6 Å². The molecule has 1 aliphatic rings. The van der Waals surface area contributed by atoms with Gasteiger partial charge in [-0.2, -0.15) is 8.78 Å². The second-order valence-corrected chi connectivity index (χ2v) is 10.5. The highest BCUT2D eigenvalue weighted by Gasteiger charge is 2.37. The Morgan fingerprint density at radius 3 is 2.41 bits per heavy atom. The van der Waals surface area contributed by atoms with E-state index in [2.05, 4.69) is 4.90 Å². The number of halogens is 4. The number of hydrogen-bond acceptors (Lipinski definition) is 4.